The largest absolute Gasteiger partial charge is 0.462 e. The van der Waals surface area contributed by atoms with Crippen molar-refractivity contribution in [1.29, 1.82) is 0 Å². The number of anilines is 1. The maximum atomic E-state index is 12.6. The van der Waals surface area contributed by atoms with E-state index >= 15 is 0 Å². The molecule has 1 fully saturated rings. The van der Waals surface area contributed by atoms with E-state index < -0.39 is 5.97 Å². The summed E-state index contributed by atoms with van der Waals surface area (Å²) >= 11 is 6.14. The molecule has 0 atom stereocenters. The van der Waals surface area contributed by atoms with E-state index in [1.54, 1.807) is 25.1 Å². The molecule has 7 heteroatoms. The fourth-order valence-electron chi connectivity index (χ4n) is 3.31. The third-order valence-corrected chi connectivity index (χ3v) is 4.94. The van der Waals surface area contributed by atoms with Gasteiger partial charge in [0, 0.05) is 29.7 Å². The van der Waals surface area contributed by atoms with Gasteiger partial charge >= 0.3 is 5.97 Å². The van der Waals surface area contributed by atoms with Crippen LogP contribution in [0.5, 0.6) is 0 Å². The number of ether oxygens (including phenoxy) is 1. The van der Waals surface area contributed by atoms with Gasteiger partial charge in [-0.2, -0.15) is 0 Å². The number of pyridine rings is 1. The molecular weight excluding hydrogens is 366 g/mol. The number of halogens is 1. The predicted octanol–water partition coefficient (Wildman–Crippen LogP) is 3.88. The molecule has 2 aromatic rings. The highest BCUT2D eigenvalue weighted by Crippen LogP contribution is 2.29. The summed E-state index contributed by atoms with van der Waals surface area (Å²) in [5, 5.41) is 4.38. The first-order valence-corrected chi connectivity index (χ1v) is 9.75. The third-order valence-electron chi connectivity index (χ3n) is 4.70. The summed E-state index contributed by atoms with van der Waals surface area (Å²) < 4.78 is 5.14. The number of fused-ring (bicyclic) bond motifs is 1. The number of nitrogens with one attached hydrogen (secondary N) is 1. The van der Waals surface area contributed by atoms with Gasteiger partial charge in [0.25, 0.3) is 0 Å². The van der Waals surface area contributed by atoms with Crippen molar-refractivity contribution in [2.75, 3.05) is 31.6 Å². The van der Waals surface area contributed by atoms with Crippen LogP contribution in [-0.4, -0.2) is 48.0 Å². The average molecular weight is 390 g/mol. The molecule has 1 aromatic heterocycles. The van der Waals surface area contributed by atoms with E-state index in [2.05, 4.69) is 10.3 Å². The number of benzene rings is 1. The summed E-state index contributed by atoms with van der Waals surface area (Å²) in [6.45, 7) is 3.69. The molecule has 1 saturated heterocycles. The maximum Gasteiger partial charge on any atom is 0.341 e. The molecule has 0 radical (unpaired) electrons. The van der Waals surface area contributed by atoms with Crippen molar-refractivity contribution in [3.8, 4) is 0 Å². The minimum Gasteiger partial charge on any atom is -0.462 e. The smallest absolute Gasteiger partial charge is 0.341 e. The van der Waals surface area contributed by atoms with Crippen molar-refractivity contribution in [2.45, 2.75) is 32.6 Å². The zero-order chi connectivity index (χ0) is 19.2. The van der Waals surface area contributed by atoms with Gasteiger partial charge in [-0.25, -0.2) is 4.79 Å². The Morgan fingerprint density at radius 2 is 1.96 bits per heavy atom. The predicted molar refractivity (Wildman–Crippen MR) is 106 cm³/mol. The number of esters is 1. The van der Waals surface area contributed by atoms with Crippen LogP contribution in [0.25, 0.3) is 10.9 Å². The number of nitrogens with zero attached hydrogens (tertiary/aromatic N) is 2. The van der Waals surface area contributed by atoms with Gasteiger partial charge < -0.3 is 15.0 Å². The minimum absolute atomic E-state index is 0.0266. The van der Waals surface area contributed by atoms with Crippen molar-refractivity contribution in [3.05, 3.63) is 35.0 Å². The van der Waals surface area contributed by atoms with Gasteiger partial charge in [0.15, 0.2) is 0 Å². The summed E-state index contributed by atoms with van der Waals surface area (Å²) in [7, 11) is 0. The Morgan fingerprint density at radius 1 is 1.22 bits per heavy atom. The topological polar surface area (TPSA) is 71.5 Å². The van der Waals surface area contributed by atoms with Crippen LogP contribution in [0.1, 0.15) is 43.0 Å². The van der Waals surface area contributed by atoms with Crippen LogP contribution in [0.3, 0.4) is 0 Å². The van der Waals surface area contributed by atoms with Crippen molar-refractivity contribution in [1.82, 2.24) is 9.88 Å². The van der Waals surface area contributed by atoms with Gasteiger partial charge in [0.1, 0.15) is 5.56 Å². The second kappa shape index (κ2) is 9.04. The molecule has 144 valence electrons. The lowest BCUT2D eigenvalue weighted by atomic mass is 10.1. The molecule has 27 heavy (non-hydrogen) atoms. The van der Waals surface area contributed by atoms with Crippen LogP contribution in [0.4, 0.5) is 5.69 Å². The molecule has 1 aliphatic heterocycles. The standard InChI is InChI=1S/C20H24ClN3O3/c1-2-27-20(26)16-12-22-17-8-7-14(21)11-15(17)19(16)23-13-18(25)24-9-5-3-4-6-10-24/h7-8,11-12H,2-6,9-10,13H2,1H3,(H,22,23). The second-order valence-corrected chi connectivity index (χ2v) is 7.01. The van der Waals surface area contributed by atoms with Crippen LogP contribution in [0.2, 0.25) is 5.02 Å². The van der Waals surface area contributed by atoms with E-state index in [1.165, 1.54) is 6.20 Å². The van der Waals surface area contributed by atoms with E-state index in [-0.39, 0.29) is 19.1 Å². The number of rotatable bonds is 5. The Morgan fingerprint density at radius 3 is 2.67 bits per heavy atom. The summed E-state index contributed by atoms with van der Waals surface area (Å²) in [6.07, 6.45) is 5.88. The Kier molecular flexibility index (Phi) is 6.50. The van der Waals surface area contributed by atoms with E-state index in [4.69, 9.17) is 16.3 Å². The van der Waals surface area contributed by atoms with E-state index in [9.17, 15) is 9.59 Å². The van der Waals surface area contributed by atoms with Crippen LogP contribution in [-0.2, 0) is 9.53 Å². The molecule has 3 rings (SSSR count). The fourth-order valence-corrected chi connectivity index (χ4v) is 3.49. The van der Waals surface area contributed by atoms with Crippen molar-refractivity contribution in [2.24, 2.45) is 0 Å². The molecule has 1 amide bonds. The molecule has 6 nitrogen and oxygen atoms in total. The van der Waals surface area contributed by atoms with Gasteiger partial charge in [0.2, 0.25) is 5.91 Å². The maximum absolute atomic E-state index is 12.6. The zero-order valence-corrected chi connectivity index (χ0v) is 16.2. The lowest BCUT2D eigenvalue weighted by Crippen LogP contribution is -2.36. The average Bonchev–Trinajstić information content (AvgIpc) is 2.95. The number of carbonyl (C=O) groups excluding carboxylic acids is 2. The van der Waals surface area contributed by atoms with Crippen LogP contribution < -0.4 is 5.32 Å². The van der Waals surface area contributed by atoms with Gasteiger partial charge in [-0.1, -0.05) is 24.4 Å². The first-order chi connectivity index (χ1) is 13.1. The summed E-state index contributed by atoms with van der Waals surface area (Å²) in [6, 6.07) is 5.27. The summed E-state index contributed by atoms with van der Waals surface area (Å²) in [5.74, 6) is -0.449. The quantitative estimate of drug-likeness (QED) is 0.786. The SMILES string of the molecule is CCOC(=O)c1cnc2ccc(Cl)cc2c1NCC(=O)N1CCCCCC1. The van der Waals surface area contributed by atoms with Crippen molar-refractivity contribution < 1.29 is 14.3 Å². The molecule has 0 saturated carbocycles. The number of hydrogen-bond acceptors (Lipinski definition) is 5. The molecule has 2 heterocycles. The minimum atomic E-state index is -0.475. The molecule has 1 N–H and O–H groups in total. The number of hydrogen-bond donors (Lipinski definition) is 1. The molecule has 0 unspecified atom stereocenters. The van der Waals surface area contributed by atoms with Gasteiger partial charge in [-0.3, -0.25) is 9.78 Å². The monoisotopic (exact) mass is 389 g/mol. The van der Waals surface area contributed by atoms with Gasteiger partial charge in [-0.05, 0) is 38.0 Å². The molecule has 0 bridgehead atoms. The molecule has 0 spiro atoms. The second-order valence-electron chi connectivity index (χ2n) is 6.58. The molecule has 0 aliphatic carbocycles. The Bertz CT molecular complexity index is 833. The number of likely N-dealkylation sites (tertiary alicyclic amines) is 1. The van der Waals surface area contributed by atoms with E-state index in [0.29, 0.717) is 27.2 Å². The third kappa shape index (κ3) is 4.69. The van der Waals surface area contributed by atoms with E-state index in [1.807, 2.05) is 4.90 Å². The molecular formula is C20H24ClN3O3. The van der Waals surface area contributed by atoms with Gasteiger partial charge in [-0.15, -0.1) is 0 Å². The lowest BCUT2D eigenvalue weighted by Gasteiger charge is -2.21. The van der Waals surface area contributed by atoms with Crippen LogP contribution in [0.15, 0.2) is 24.4 Å². The Hall–Kier alpha value is -2.34. The van der Waals surface area contributed by atoms with Crippen molar-refractivity contribution >= 4 is 40.1 Å². The summed E-state index contributed by atoms with van der Waals surface area (Å²) in [5.41, 5.74) is 1.52. The zero-order valence-electron chi connectivity index (χ0n) is 15.5. The lowest BCUT2D eigenvalue weighted by molar-refractivity contribution is -0.129. The number of amides is 1. The normalized spacial score (nSPS) is 14.7. The fraction of sp³-hybridized carbons (Fsp3) is 0.450. The van der Waals surface area contributed by atoms with Gasteiger partial charge in [0.05, 0.1) is 24.4 Å². The first kappa shape index (κ1) is 19.4. The highest BCUT2D eigenvalue weighted by atomic mass is 35.5. The Labute approximate surface area is 163 Å². The highest BCUT2D eigenvalue weighted by Gasteiger charge is 2.20. The van der Waals surface area contributed by atoms with Crippen LogP contribution in [0, 0.1) is 0 Å². The number of aromatic nitrogens is 1. The summed E-state index contributed by atoms with van der Waals surface area (Å²) in [4.78, 5) is 31.2. The van der Waals surface area contributed by atoms with Crippen molar-refractivity contribution in [3.63, 3.8) is 0 Å². The highest BCUT2D eigenvalue weighted by molar-refractivity contribution is 6.31. The molecule has 1 aliphatic rings. The molecule has 1 aromatic carbocycles. The van der Waals surface area contributed by atoms with Crippen LogP contribution >= 0.6 is 11.6 Å². The Balaban J connectivity index is 1.88. The van der Waals surface area contributed by atoms with E-state index in [0.717, 1.165) is 38.8 Å². The number of carbonyl (C=O) groups is 2. The first-order valence-electron chi connectivity index (χ1n) is 9.37.